The lowest BCUT2D eigenvalue weighted by Crippen LogP contribution is -2.33. The van der Waals surface area contributed by atoms with Gasteiger partial charge in [-0.05, 0) is 24.6 Å². The van der Waals surface area contributed by atoms with Crippen molar-refractivity contribution in [2.45, 2.75) is 25.1 Å². The van der Waals surface area contributed by atoms with Gasteiger partial charge in [0.05, 0.1) is 5.69 Å². The summed E-state index contributed by atoms with van der Waals surface area (Å²) in [5, 5.41) is 7.82. The predicted molar refractivity (Wildman–Crippen MR) is 90.7 cm³/mol. The first kappa shape index (κ1) is 15.1. The largest absolute Gasteiger partial charge is 0.369 e. The van der Waals surface area contributed by atoms with E-state index in [0.717, 1.165) is 36.8 Å². The van der Waals surface area contributed by atoms with Crippen LogP contribution in [-0.2, 0) is 18.3 Å². The Balaban J connectivity index is 1.53. The molecule has 4 rings (SSSR count). The molecule has 1 saturated heterocycles. The van der Waals surface area contributed by atoms with Gasteiger partial charge in [0.2, 0.25) is 0 Å². The topological polar surface area (TPSA) is 56.9 Å². The molecule has 1 N–H and O–H groups in total. The maximum Gasteiger partial charge on any atom is 0.144 e. The monoisotopic (exact) mass is 323 g/mol. The number of benzene rings is 1. The molecule has 24 heavy (non-hydrogen) atoms. The van der Waals surface area contributed by atoms with Crippen LogP contribution >= 0.6 is 0 Å². The maximum atomic E-state index is 6.00. The molecule has 6 nitrogen and oxygen atoms in total. The van der Waals surface area contributed by atoms with Crippen molar-refractivity contribution >= 4 is 0 Å². The van der Waals surface area contributed by atoms with Gasteiger partial charge in [-0.2, -0.15) is 5.10 Å². The zero-order valence-electron chi connectivity index (χ0n) is 13.7. The number of hydrogen-bond donors (Lipinski definition) is 1. The van der Waals surface area contributed by atoms with Gasteiger partial charge in [0.1, 0.15) is 11.9 Å². The Morgan fingerprint density at radius 1 is 1.21 bits per heavy atom. The number of aryl methyl sites for hydroxylation is 1. The van der Waals surface area contributed by atoms with Gasteiger partial charge in [-0.3, -0.25) is 4.68 Å². The van der Waals surface area contributed by atoms with Crippen molar-refractivity contribution in [2.75, 3.05) is 6.61 Å². The fraction of sp³-hybridized carbons (Fsp3) is 0.333. The van der Waals surface area contributed by atoms with E-state index in [4.69, 9.17) is 4.74 Å². The SMILES string of the molecule is Cn1nccc1CN[C@H]1CCO[C@@H]1c1nccn1-c1ccccc1. The molecule has 124 valence electrons. The molecule has 3 heterocycles. The summed E-state index contributed by atoms with van der Waals surface area (Å²) in [6, 6.07) is 12.5. The first-order valence-electron chi connectivity index (χ1n) is 8.23. The minimum atomic E-state index is -0.0477. The van der Waals surface area contributed by atoms with Crippen molar-refractivity contribution in [3.63, 3.8) is 0 Å². The molecule has 2 aromatic heterocycles. The van der Waals surface area contributed by atoms with Crippen LogP contribution in [0.3, 0.4) is 0 Å². The van der Waals surface area contributed by atoms with Gasteiger partial charge in [-0.15, -0.1) is 0 Å². The molecule has 3 aromatic rings. The summed E-state index contributed by atoms with van der Waals surface area (Å²) < 4.78 is 10.0. The minimum absolute atomic E-state index is 0.0477. The summed E-state index contributed by atoms with van der Waals surface area (Å²) in [5.74, 6) is 0.946. The molecule has 1 aromatic carbocycles. The van der Waals surface area contributed by atoms with E-state index in [0.29, 0.717) is 0 Å². The van der Waals surface area contributed by atoms with E-state index >= 15 is 0 Å². The summed E-state index contributed by atoms with van der Waals surface area (Å²) in [6.45, 7) is 1.52. The Morgan fingerprint density at radius 2 is 2.08 bits per heavy atom. The molecule has 1 fully saturated rings. The predicted octanol–water partition coefficient (Wildman–Crippen LogP) is 2.23. The molecule has 1 aliphatic heterocycles. The van der Waals surface area contributed by atoms with E-state index in [9.17, 15) is 0 Å². The molecular weight excluding hydrogens is 302 g/mol. The number of imidazole rings is 1. The third kappa shape index (κ3) is 2.86. The molecule has 0 aliphatic carbocycles. The first-order valence-corrected chi connectivity index (χ1v) is 8.23. The van der Waals surface area contributed by atoms with Gasteiger partial charge in [0, 0.05) is 50.5 Å². The highest BCUT2D eigenvalue weighted by Gasteiger charge is 2.32. The lowest BCUT2D eigenvalue weighted by atomic mass is 10.1. The summed E-state index contributed by atoms with van der Waals surface area (Å²) in [4.78, 5) is 4.57. The van der Waals surface area contributed by atoms with Crippen molar-refractivity contribution < 1.29 is 4.74 Å². The Hall–Kier alpha value is -2.44. The summed E-state index contributed by atoms with van der Waals surface area (Å²) in [7, 11) is 1.96. The first-order chi connectivity index (χ1) is 11.8. The molecule has 0 bridgehead atoms. The smallest absolute Gasteiger partial charge is 0.144 e. The molecule has 0 radical (unpaired) electrons. The van der Waals surface area contributed by atoms with E-state index in [1.807, 2.05) is 54.6 Å². The zero-order chi connectivity index (χ0) is 16.4. The van der Waals surface area contributed by atoms with Crippen LogP contribution in [0.25, 0.3) is 5.69 Å². The quantitative estimate of drug-likeness (QED) is 0.782. The Kier molecular flexibility index (Phi) is 4.15. The van der Waals surface area contributed by atoms with E-state index in [2.05, 4.69) is 32.1 Å². The van der Waals surface area contributed by atoms with E-state index in [1.165, 1.54) is 0 Å². The van der Waals surface area contributed by atoms with Crippen LogP contribution in [0.1, 0.15) is 24.0 Å². The molecule has 0 saturated carbocycles. The number of nitrogens with one attached hydrogen (secondary N) is 1. The second-order valence-corrected chi connectivity index (χ2v) is 6.00. The number of rotatable bonds is 5. The molecular formula is C18H21N5O. The van der Waals surface area contributed by atoms with Gasteiger partial charge in [-0.25, -0.2) is 4.98 Å². The van der Waals surface area contributed by atoms with Gasteiger partial charge in [-0.1, -0.05) is 18.2 Å². The van der Waals surface area contributed by atoms with Crippen molar-refractivity contribution in [1.82, 2.24) is 24.6 Å². The molecule has 0 unspecified atom stereocenters. The molecule has 2 atom stereocenters. The standard InChI is InChI=1S/C18H21N5O/c1-22-15(7-9-21-22)13-20-16-8-12-24-17(16)18-19-10-11-23(18)14-5-3-2-4-6-14/h2-7,9-11,16-17,20H,8,12-13H2,1H3/t16-,17-/m0/s1. The molecule has 0 spiro atoms. The zero-order valence-corrected chi connectivity index (χ0v) is 13.7. The normalized spacial score (nSPS) is 20.5. The average Bonchev–Trinajstić information content (AvgIpc) is 3.34. The van der Waals surface area contributed by atoms with Crippen molar-refractivity contribution in [2.24, 2.45) is 7.05 Å². The number of aromatic nitrogens is 4. The minimum Gasteiger partial charge on any atom is -0.369 e. The highest BCUT2D eigenvalue weighted by atomic mass is 16.5. The van der Waals surface area contributed by atoms with Crippen LogP contribution in [0.4, 0.5) is 0 Å². The van der Waals surface area contributed by atoms with Crippen molar-refractivity contribution in [3.8, 4) is 5.69 Å². The van der Waals surface area contributed by atoms with Crippen LogP contribution in [0.5, 0.6) is 0 Å². The fourth-order valence-corrected chi connectivity index (χ4v) is 3.20. The molecule has 1 aliphatic rings. The number of nitrogens with zero attached hydrogens (tertiary/aromatic N) is 4. The second-order valence-electron chi connectivity index (χ2n) is 6.00. The summed E-state index contributed by atoms with van der Waals surface area (Å²) >= 11 is 0. The third-order valence-corrected chi connectivity index (χ3v) is 4.52. The number of hydrogen-bond acceptors (Lipinski definition) is 4. The Bertz CT molecular complexity index is 795. The lowest BCUT2D eigenvalue weighted by molar-refractivity contribution is 0.0902. The Morgan fingerprint density at radius 3 is 2.88 bits per heavy atom. The average molecular weight is 323 g/mol. The van der Waals surface area contributed by atoms with Crippen LogP contribution in [0.15, 0.2) is 55.0 Å². The number of ether oxygens (including phenoxy) is 1. The van der Waals surface area contributed by atoms with E-state index < -0.39 is 0 Å². The Labute approximate surface area is 141 Å². The highest BCUT2D eigenvalue weighted by Crippen LogP contribution is 2.29. The van der Waals surface area contributed by atoms with Crippen LogP contribution in [-0.4, -0.2) is 32.0 Å². The molecule has 6 heteroatoms. The van der Waals surface area contributed by atoms with Crippen LogP contribution < -0.4 is 5.32 Å². The van der Waals surface area contributed by atoms with Gasteiger partial charge >= 0.3 is 0 Å². The maximum absolute atomic E-state index is 6.00. The van der Waals surface area contributed by atoms with Crippen molar-refractivity contribution in [3.05, 3.63) is 66.5 Å². The second kappa shape index (κ2) is 6.59. The summed E-state index contributed by atoms with van der Waals surface area (Å²) in [5.41, 5.74) is 2.26. The van der Waals surface area contributed by atoms with Gasteiger partial charge in [0.15, 0.2) is 0 Å². The van der Waals surface area contributed by atoms with E-state index in [1.54, 1.807) is 0 Å². The lowest BCUT2D eigenvalue weighted by Gasteiger charge is -2.20. The van der Waals surface area contributed by atoms with E-state index in [-0.39, 0.29) is 12.1 Å². The number of para-hydroxylation sites is 1. The fourth-order valence-electron chi connectivity index (χ4n) is 3.20. The van der Waals surface area contributed by atoms with Crippen LogP contribution in [0, 0.1) is 0 Å². The van der Waals surface area contributed by atoms with Gasteiger partial charge < -0.3 is 14.6 Å². The van der Waals surface area contributed by atoms with Crippen LogP contribution in [0.2, 0.25) is 0 Å². The van der Waals surface area contributed by atoms with Gasteiger partial charge in [0.25, 0.3) is 0 Å². The third-order valence-electron chi connectivity index (χ3n) is 4.52. The highest BCUT2D eigenvalue weighted by molar-refractivity contribution is 5.33. The summed E-state index contributed by atoms with van der Waals surface area (Å²) in [6.07, 6.45) is 6.58. The molecule has 0 amide bonds. The van der Waals surface area contributed by atoms with Crippen molar-refractivity contribution in [1.29, 1.82) is 0 Å².